The minimum absolute atomic E-state index is 0.0884. The second kappa shape index (κ2) is 10.5. The second-order valence-corrected chi connectivity index (χ2v) is 5.60. The van der Waals surface area contributed by atoms with Gasteiger partial charge in [-0.15, -0.1) is 0 Å². The van der Waals surface area contributed by atoms with Crippen LogP contribution in [0.25, 0.3) is 0 Å². The predicted molar refractivity (Wildman–Crippen MR) is 96.8 cm³/mol. The Morgan fingerprint density at radius 3 is 2.62 bits per heavy atom. The topological polar surface area (TPSA) is 137 Å². The number of aliphatic carboxylic acids is 1. The summed E-state index contributed by atoms with van der Waals surface area (Å²) >= 11 is 0. The summed E-state index contributed by atoms with van der Waals surface area (Å²) in [5.74, 6) is -1.82. The fraction of sp³-hybridized carbons (Fsp3) is 0.333. The first-order chi connectivity index (χ1) is 12.3. The summed E-state index contributed by atoms with van der Waals surface area (Å²) < 4.78 is 0. The number of carbonyl (C=O) groups is 3. The third-order valence-corrected chi connectivity index (χ3v) is 3.46. The van der Waals surface area contributed by atoms with Crippen molar-refractivity contribution in [2.45, 2.75) is 32.6 Å². The number of amides is 2. The lowest BCUT2D eigenvalue weighted by atomic mass is 10.2. The number of hydrogen-bond donors (Lipinski definition) is 3. The van der Waals surface area contributed by atoms with Crippen LogP contribution >= 0.6 is 0 Å². The largest absolute Gasteiger partial charge is 0.481 e. The molecule has 0 aromatic heterocycles. The lowest BCUT2D eigenvalue weighted by Gasteiger charge is -2.17. The Kier molecular flexibility index (Phi) is 8.37. The minimum Gasteiger partial charge on any atom is -0.481 e. The lowest BCUT2D eigenvalue weighted by molar-refractivity contribution is -0.137. The zero-order valence-corrected chi connectivity index (χ0v) is 14.6. The van der Waals surface area contributed by atoms with Crippen molar-refractivity contribution in [1.29, 1.82) is 5.26 Å². The molecule has 26 heavy (non-hydrogen) atoms. The van der Waals surface area contributed by atoms with Gasteiger partial charge in [-0.25, -0.2) is 0 Å². The maximum absolute atomic E-state index is 12.1. The maximum Gasteiger partial charge on any atom is 0.303 e. The van der Waals surface area contributed by atoms with E-state index in [2.05, 4.69) is 5.32 Å². The first-order valence-corrected chi connectivity index (χ1v) is 8.12. The molecule has 0 spiro atoms. The Balaban J connectivity index is 2.71. The van der Waals surface area contributed by atoms with Gasteiger partial charge in [0.05, 0.1) is 5.69 Å². The Hall–Kier alpha value is -3.34. The summed E-state index contributed by atoms with van der Waals surface area (Å²) in [7, 11) is 0. The average Bonchev–Trinajstić information content (AvgIpc) is 2.58. The Labute approximate surface area is 151 Å². The van der Waals surface area contributed by atoms with Crippen LogP contribution in [-0.2, 0) is 14.4 Å². The number of carboxylic acids is 1. The van der Waals surface area contributed by atoms with Crippen LogP contribution < -0.4 is 16.0 Å². The number of hydrogen-bond acceptors (Lipinski definition) is 5. The number of benzene rings is 1. The first kappa shape index (κ1) is 20.7. The number of nitrogens with zero attached hydrogens (tertiary/aromatic N) is 2. The fourth-order valence-electron chi connectivity index (χ4n) is 2.16. The number of nitrogens with one attached hydrogen (secondary N) is 1. The van der Waals surface area contributed by atoms with Crippen LogP contribution in [0, 0.1) is 11.3 Å². The van der Waals surface area contributed by atoms with Crippen molar-refractivity contribution in [3.05, 3.63) is 36.0 Å². The van der Waals surface area contributed by atoms with Gasteiger partial charge in [-0.2, -0.15) is 5.26 Å². The monoisotopic (exact) mass is 358 g/mol. The molecule has 0 saturated carbocycles. The molecule has 1 rings (SSSR count). The van der Waals surface area contributed by atoms with Crippen LogP contribution in [0.3, 0.4) is 0 Å². The van der Waals surface area contributed by atoms with E-state index in [0.29, 0.717) is 37.2 Å². The highest BCUT2D eigenvalue weighted by atomic mass is 16.4. The third kappa shape index (κ3) is 7.05. The third-order valence-electron chi connectivity index (χ3n) is 3.46. The van der Waals surface area contributed by atoms with Gasteiger partial charge in [0.2, 0.25) is 5.91 Å². The molecular weight excluding hydrogens is 336 g/mol. The van der Waals surface area contributed by atoms with E-state index in [0.717, 1.165) is 0 Å². The molecule has 8 nitrogen and oxygen atoms in total. The first-order valence-electron chi connectivity index (χ1n) is 8.12. The van der Waals surface area contributed by atoms with Crippen molar-refractivity contribution >= 4 is 29.2 Å². The summed E-state index contributed by atoms with van der Waals surface area (Å²) in [6.45, 7) is 1.63. The molecule has 0 fully saturated rings. The van der Waals surface area contributed by atoms with E-state index in [1.165, 1.54) is 18.0 Å². The zero-order valence-electron chi connectivity index (χ0n) is 14.6. The number of carbonyl (C=O) groups excluding carboxylic acids is 2. The van der Waals surface area contributed by atoms with Gasteiger partial charge in [0.25, 0.3) is 5.91 Å². The summed E-state index contributed by atoms with van der Waals surface area (Å²) in [6, 6.07) is 8.31. The van der Waals surface area contributed by atoms with E-state index in [1.807, 2.05) is 0 Å². The molecule has 1 aromatic carbocycles. The highest BCUT2D eigenvalue weighted by Gasteiger charge is 2.15. The number of anilines is 2. The van der Waals surface area contributed by atoms with E-state index >= 15 is 0 Å². The van der Waals surface area contributed by atoms with Crippen LogP contribution in [0.4, 0.5) is 11.4 Å². The quantitative estimate of drug-likeness (QED) is 0.266. The summed E-state index contributed by atoms with van der Waals surface area (Å²) in [5, 5.41) is 20.4. The van der Waals surface area contributed by atoms with E-state index < -0.39 is 11.9 Å². The van der Waals surface area contributed by atoms with Gasteiger partial charge in [-0.3, -0.25) is 19.3 Å². The van der Waals surface area contributed by atoms with Crippen LogP contribution in [0.15, 0.2) is 36.0 Å². The van der Waals surface area contributed by atoms with E-state index in [4.69, 9.17) is 10.8 Å². The van der Waals surface area contributed by atoms with Crippen molar-refractivity contribution in [3.8, 4) is 6.07 Å². The summed E-state index contributed by atoms with van der Waals surface area (Å²) in [4.78, 5) is 35.6. The van der Waals surface area contributed by atoms with Crippen LogP contribution in [0.5, 0.6) is 0 Å². The molecule has 1 aromatic rings. The van der Waals surface area contributed by atoms with Gasteiger partial charge in [0.15, 0.2) is 0 Å². The van der Waals surface area contributed by atoms with Crippen LogP contribution in [-0.4, -0.2) is 29.4 Å². The summed E-state index contributed by atoms with van der Waals surface area (Å²) in [5.41, 5.74) is 6.39. The molecule has 8 heteroatoms. The molecule has 0 heterocycles. The Morgan fingerprint density at radius 2 is 2.04 bits per heavy atom. The van der Waals surface area contributed by atoms with E-state index in [1.54, 1.807) is 30.3 Å². The second-order valence-electron chi connectivity index (χ2n) is 5.60. The molecular formula is C18H22N4O4. The zero-order chi connectivity index (χ0) is 19.5. The van der Waals surface area contributed by atoms with Gasteiger partial charge in [0, 0.05) is 31.8 Å². The standard InChI is InChI=1S/C18H22N4O4/c1-13(23)22(16-7-5-6-15(20)10-16)12-14(11-19)18(26)21-9-4-2-3-8-17(24)25/h5-7,10,12H,2-4,8-9,20H2,1H3,(H,21,26)(H,24,25)/b14-12-. The predicted octanol–water partition coefficient (Wildman–Crippen LogP) is 1.79. The number of nitrogen functional groups attached to an aromatic ring is 1. The molecule has 0 aliphatic rings. The number of nitriles is 1. The SMILES string of the molecule is CC(=O)N(/C=C(/C#N)C(=O)NCCCCCC(=O)O)c1cccc(N)c1. The van der Waals surface area contributed by atoms with E-state index in [9.17, 15) is 19.6 Å². The molecule has 0 aliphatic heterocycles. The average molecular weight is 358 g/mol. The molecule has 0 atom stereocenters. The summed E-state index contributed by atoms with van der Waals surface area (Å²) in [6.07, 6.45) is 3.05. The number of unbranched alkanes of at least 4 members (excludes halogenated alkanes) is 2. The number of carboxylic acid groups (broad SMARTS) is 1. The Morgan fingerprint density at radius 1 is 1.31 bits per heavy atom. The van der Waals surface area contributed by atoms with Crippen molar-refractivity contribution in [2.75, 3.05) is 17.2 Å². The molecule has 0 radical (unpaired) electrons. The van der Waals surface area contributed by atoms with Crippen molar-refractivity contribution < 1.29 is 19.5 Å². The van der Waals surface area contributed by atoms with Gasteiger partial charge in [0.1, 0.15) is 11.6 Å². The fourth-order valence-corrected chi connectivity index (χ4v) is 2.16. The van der Waals surface area contributed by atoms with Crippen molar-refractivity contribution in [3.63, 3.8) is 0 Å². The molecule has 0 unspecified atom stereocenters. The highest BCUT2D eigenvalue weighted by molar-refractivity contribution is 6.01. The van der Waals surface area contributed by atoms with Gasteiger partial charge in [-0.05, 0) is 31.0 Å². The molecule has 2 amide bonds. The number of nitrogens with two attached hydrogens (primary N) is 1. The number of rotatable bonds is 9. The normalized spacial score (nSPS) is 10.7. The van der Waals surface area contributed by atoms with Crippen molar-refractivity contribution in [2.24, 2.45) is 0 Å². The van der Waals surface area contributed by atoms with Crippen LogP contribution in [0.2, 0.25) is 0 Å². The molecule has 0 saturated heterocycles. The highest BCUT2D eigenvalue weighted by Crippen LogP contribution is 2.19. The molecule has 138 valence electrons. The van der Waals surface area contributed by atoms with Gasteiger partial charge >= 0.3 is 5.97 Å². The molecule has 4 N–H and O–H groups in total. The van der Waals surface area contributed by atoms with Gasteiger partial charge in [-0.1, -0.05) is 12.5 Å². The van der Waals surface area contributed by atoms with Gasteiger partial charge < -0.3 is 16.2 Å². The molecule has 0 bridgehead atoms. The Bertz CT molecular complexity index is 737. The smallest absolute Gasteiger partial charge is 0.303 e. The maximum atomic E-state index is 12.1. The van der Waals surface area contributed by atoms with Crippen LogP contribution in [0.1, 0.15) is 32.6 Å². The van der Waals surface area contributed by atoms with Crippen molar-refractivity contribution in [1.82, 2.24) is 5.32 Å². The minimum atomic E-state index is -0.852. The lowest BCUT2D eigenvalue weighted by Crippen LogP contribution is -2.29. The van der Waals surface area contributed by atoms with E-state index in [-0.39, 0.29) is 17.9 Å². The molecule has 0 aliphatic carbocycles.